The molecule has 2 heterocycles. The number of hydrogen-bond donors (Lipinski definition) is 2. The molecule has 2 aromatic rings. The van der Waals surface area contributed by atoms with Gasteiger partial charge in [0.15, 0.2) is 5.75 Å². The van der Waals surface area contributed by atoms with Crippen LogP contribution < -0.4 is 14.5 Å². The van der Waals surface area contributed by atoms with Crippen LogP contribution in [0.4, 0.5) is 11.4 Å². The van der Waals surface area contributed by atoms with Gasteiger partial charge >= 0.3 is 0 Å². The Morgan fingerprint density at radius 3 is 1.86 bits per heavy atom. The third-order valence-electron chi connectivity index (χ3n) is 5.54. The monoisotopic (exact) mass is 401 g/mol. The summed E-state index contributed by atoms with van der Waals surface area (Å²) in [5, 5.41) is 10.9. The standard InChI is InChI=1S/C21H27N3O3S/c25-21-19(23-10-4-5-11-23)14-17(15-20(21)24-12-6-7-13-24)16-22-28(26,27)18-8-2-1-3-9-18/h1-3,8-9,14-15,22,25H,4-7,10-13,16H2. The highest BCUT2D eigenvalue weighted by atomic mass is 32.2. The molecule has 0 bridgehead atoms. The molecule has 4 rings (SSSR count). The maximum absolute atomic E-state index is 12.6. The molecule has 0 aliphatic carbocycles. The molecule has 0 saturated carbocycles. The first-order valence-corrected chi connectivity index (χ1v) is 11.4. The van der Waals surface area contributed by atoms with E-state index in [0.717, 1.165) is 68.8 Å². The van der Waals surface area contributed by atoms with Gasteiger partial charge in [0.2, 0.25) is 10.0 Å². The van der Waals surface area contributed by atoms with Gasteiger partial charge in [-0.05, 0) is 55.5 Å². The number of phenols is 1. The van der Waals surface area contributed by atoms with Crippen molar-refractivity contribution in [2.75, 3.05) is 36.0 Å². The largest absolute Gasteiger partial charge is 0.504 e. The van der Waals surface area contributed by atoms with Gasteiger partial charge in [-0.1, -0.05) is 18.2 Å². The molecule has 0 radical (unpaired) electrons. The smallest absolute Gasteiger partial charge is 0.240 e. The zero-order valence-electron chi connectivity index (χ0n) is 16.0. The second kappa shape index (κ2) is 8.01. The van der Waals surface area contributed by atoms with Crippen molar-refractivity contribution in [1.29, 1.82) is 0 Å². The molecule has 0 aromatic heterocycles. The van der Waals surface area contributed by atoms with Crippen molar-refractivity contribution < 1.29 is 13.5 Å². The van der Waals surface area contributed by atoms with E-state index in [2.05, 4.69) is 14.5 Å². The molecule has 2 aliphatic heterocycles. The van der Waals surface area contributed by atoms with Crippen LogP contribution in [0.3, 0.4) is 0 Å². The van der Waals surface area contributed by atoms with Gasteiger partial charge in [0, 0.05) is 32.7 Å². The lowest BCUT2D eigenvalue weighted by atomic mass is 10.1. The summed E-state index contributed by atoms with van der Waals surface area (Å²) in [6.07, 6.45) is 4.46. The van der Waals surface area contributed by atoms with Gasteiger partial charge in [0.25, 0.3) is 0 Å². The van der Waals surface area contributed by atoms with Gasteiger partial charge in [0.05, 0.1) is 16.3 Å². The zero-order chi connectivity index (χ0) is 19.6. The van der Waals surface area contributed by atoms with Crippen molar-refractivity contribution in [3.63, 3.8) is 0 Å². The van der Waals surface area contributed by atoms with Crippen molar-refractivity contribution in [1.82, 2.24) is 4.72 Å². The van der Waals surface area contributed by atoms with Crippen LogP contribution in [0.2, 0.25) is 0 Å². The summed E-state index contributed by atoms with van der Waals surface area (Å²) in [7, 11) is -3.57. The molecule has 0 spiro atoms. The predicted octanol–water partition coefficient (Wildman–Crippen LogP) is 3.07. The van der Waals surface area contributed by atoms with E-state index in [-0.39, 0.29) is 11.4 Å². The number of sulfonamides is 1. The average Bonchev–Trinajstić information content (AvgIpc) is 3.42. The van der Waals surface area contributed by atoms with E-state index in [1.54, 1.807) is 30.3 Å². The number of nitrogens with one attached hydrogen (secondary N) is 1. The van der Waals surface area contributed by atoms with Crippen LogP contribution in [0.25, 0.3) is 0 Å². The normalized spacial score (nSPS) is 17.4. The molecule has 7 heteroatoms. The zero-order valence-corrected chi connectivity index (χ0v) is 16.8. The minimum atomic E-state index is -3.57. The lowest BCUT2D eigenvalue weighted by Crippen LogP contribution is -2.25. The van der Waals surface area contributed by atoms with Crippen LogP contribution in [0.1, 0.15) is 31.2 Å². The van der Waals surface area contributed by atoms with Gasteiger partial charge in [-0.25, -0.2) is 13.1 Å². The van der Waals surface area contributed by atoms with Crippen molar-refractivity contribution in [2.24, 2.45) is 0 Å². The summed E-state index contributed by atoms with van der Waals surface area (Å²) < 4.78 is 27.8. The minimum absolute atomic E-state index is 0.194. The first-order chi connectivity index (χ1) is 13.5. The predicted molar refractivity (Wildman–Crippen MR) is 111 cm³/mol. The van der Waals surface area contributed by atoms with E-state index in [0.29, 0.717) is 5.75 Å². The van der Waals surface area contributed by atoms with Crippen molar-refractivity contribution in [3.05, 3.63) is 48.0 Å². The van der Waals surface area contributed by atoms with Crippen molar-refractivity contribution in [3.8, 4) is 5.75 Å². The first kappa shape index (κ1) is 19.1. The number of phenolic OH excluding ortho intramolecular Hbond substituents is 1. The van der Waals surface area contributed by atoms with E-state index >= 15 is 0 Å². The number of nitrogens with zero attached hydrogens (tertiary/aromatic N) is 2. The lowest BCUT2D eigenvalue weighted by molar-refractivity contribution is 0.474. The maximum atomic E-state index is 12.6. The van der Waals surface area contributed by atoms with Gasteiger partial charge < -0.3 is 14.9 Å². The van der Waals surface area contributed by atoms with Crippen LogP contribution >= 0.6 is 0 Å². The summed E-state index contributed by atoms with van der Waals surface area (Å²) in [6.45, 7) is 3.88. The minimum Gasteiger partial charge on any atom is -0.504 e. The highest BCUT2D eigenvalue weighted by Gasteiger charge is 2.24. The molecule has 2 aromatic carbocycles. The Labute approximate surface area is 166 Å². The Bertz CT molecular complexity index is 882. The summed E-state index contributed by atoms with van der Waals surface area (Å²) in [6, 6.07) is 12.2. The first-order valence-electron chi connectivity index (χ1n) is 9.95. The molecular formula is C21H27N3O3S. The highest BCUT2D eigenvalue weighted by molar-refractivity contribution is 7.89. The third kappa shape index (κ3) is 3.95. The molecule has 150 valence electrons. The molecule has 6 nitrogen and oxygen atoms in total. The van der Waals surface area contributed by atoms with Crippen LogP contribution in [0.5, 0.6) is 5.75 Å². The van der Waals surface area contributed by atoms with Gasteiger partial charge in [-0.3, -0.25) is 0 Å². The topological polar surface area (TPSA) is 72.9 Å². The molecular weight excluding hydrogens is 374 g/mol. The number of aromatic hydroxyl groups is 1. The van der Waals surface area contributed by atoms with Crippen molar-refractivity contribution >= 4 is 21.4 Å². The van der Waals surface area contributed by atoms with E-state index in [9.17, 15) is 13.5 Å². The number of rotatable bonds is 6. The van der Waals surface area contributed by atoms with E-state index in [1.807, 2.05) is 12.1 Å². The second-order valence-electron chi connectivity index (χ2n) is 7.51. The molecule has 2 N–H and O–H groups in total. The van der Waals surface area contributed by atoms with Gasteiger partial charge in [-0.15, -0.1) is 0 Å². The Balaban J connectivity index is 1.62. The summed E-state index contributed by atoms with van der Waals surface area (Å²) >= 11 is 0. The van der Waals surface area contributed by atoms with Crippen molar-refractivity contribution in [2.45, 2.75) is 37.1 Å². The van der Waals surface area contributed by atoms with Gasteiger partial charge in [0.1, 0.15) is 0 Å². The number of anilines is 2. The molecule has 0 atom stereocenters. The van der Waals surface area contributed by atoms with E-state index < -0.39 is 10.0 Å². The molecule has 0 amide bonds. The Morgan fingerprint density at radius 1 is 0.857 bits per heavy atom. The average molecular weight is 402 g/mol. The molecule has 2 fully saturated rings. The quantitative estimate of drug-likeness (QED) is 0.778. The fourth-order valence-electron chi connectivity index (χ4n) is 4.02. The summed E-state index contributed by atoms with van der Waals surface area (Å²) in [5.41, 5.74) is 2.49. The molecule has 2 saturated heterocycles. The highest BCUT2D eigenvalue weighted by Crippen LogP contribution is 2.41. The van der Waals surface area contributed by atoms with Crippen LogP contribution in [-0.2, 0) is 16.6 Å². The maximum Gasteiger partial charge on any atom is 0.240 e. The Hall–Kier alpha value is -2.25. The fraction of sp³-hybridized carbons (Fsp3) is 0.429. The number of hydrogen-bond acceptors (Lipinski definition) is 5. The molecule has 0 unspecified atom stereocenters. The summed E-state index contributed by atoms with van der Waals surface area (Å²) in [5.74, 6) is 0.318. The van der Waals surface area contributed by atoms with Crippen LogP contribution in [-0.4, -0.2) is 39.7 Å². The van der Waals surface area contributed by atoms with Crippen LogP contribution in [0.15, 0.2) is 47.4 Å². The molecule has 28 heavy (non-hydrogen) atoms. The molecule has 2 aliphatic rings. The third-order valence-corrected chi connectivity index (χ3v) is 6.96. The number of benzene rings is 2. The summed E-state index contributed by atoms with van der Waals surface area (Å²) in [4.78, 5) is 4.65. The Morgan fingerprint density at radius 2 is 1.36 bits per heavy atom. The lowest BCUT2D eigenvalue weighted by Gasteiger charge is -2.26. The fourth-order valence-corrected chi connectivity index (χ4v) is 5.06. The van der Waals surface area contributed by atoms with Gasteiger partial charge in [-0.2, -0.15) is 0 Å². The Kier molecular flexibility index (Phi) is 5.46. The SMILES string of the molecule is O=S(=O)(NCc1cc(N2CCCC2)c(O)c(N2CCCC2)c1)c1ccccc1. The van der Waals surface area contributed by atoms with Crippen LogP contribution in [0, 0.1) is 0 Å². The second-order valence-corrected chi connectivity index (χ2v) is 9.28. The van der Waals surface area contributed by atoms with E-state index in [4.69, 9.17) is 0 Å². The van der Waals surface area contributed by atoms with E-state index in [1.165, 1.54) is 0 Å².